The van der Waals surface area contributed by atoms with Crippen molar-refractivity contribution in [3.05, 3.63) is 30.3 Å². The Bertz CT molecular complexity index is 537. The van der Waals surface area contributed by atoms with E-state index in [0.29, 0.717) is 11.6 Å². The molecular formula is C13H16N4O. The predicted octanol–water partition coefficient (Wildman–Crippen LogP) is 2.10. The van der Waals surface area contributed by atoms with Crippen LogP contribution in [0.2, 0.25) is 0 Å². The summed E-state index contributed by atoms with van der Waals surface area (Å²) in [6, 6.07) is 9.34. The minimum absolute atomic E-state index is 0.152. The first-order valence-corrected chi connectivity index (χ1v) is 5.72. The molecule has 1 aromatic heterocycles. The van der Waals surface area contributed by atoms with Crippen LogP contribution in [0.5, 0.6) is 5.75 Å². The monoisotopic (exact) mass is 244 g/mol. The molecular weight excluding hydrogens is 228 g/mol. The first-order chi connectivity index (χ1) is 8.56. The number of hydrogen-bond acceptors (Lipinski definition) is 5. The van der Waals surface area contributed by atoms with Gasteiger partial charge in [0.15, 0.2) is 5.82 Å². The van der Waals surface area contributed by atoms with Gasteiger partial charge in [-0.2, -0.15) is 0 Å². The summed E-state index contributed by atoms with van der Waals surface area (Å²) in [5.74, 6) is 1.53. The van der Waals surface area contributed by atoms with Crippen molar-refractivity contribution in [2.24, 2.45) is 0 Å². The summed E-state index contributed by atoms with van der Waals surface area (Å²) in [6.45, 7) is 3.97. The van der Waals surface area contributed by atoms with Crippen LogP contribution in [0.1, 0.15) is 13.8 Å². The number of hydrogen-bond donors (Lipinski definition) is 2. The van der Waals surface area contributed by atoms with Gasteiger partial charge in [0.05, 0.1) is 6.10 Å². The molecule has 0 amide bonds. The quantitative estimate of drug-likeness (QED) is 0.863. The molecule has 0 bridgehead atoms. The summed E-state index contributed by atoms with van der Waals surface area (Å²) in [6.07, 6.45) is 0.152. The van der Waals surface area contributed by atoms with Crippen molar-refractivity contribution in [3.8, 4) is 16.9 Å². The SMILES string of the molecule is CC(C)Oc1ccc(-c2cc(N)nnc2N)cc1. The van der Waals surface area contributed by atoms with Gasteiger partial charge in [0.2, 0.25) is 0 Å². The second-order valence-electron chi connectivity index (χ2n) is 4.26. The highest BCUT2D eigenvalue weighted by atomic mass is 16.5. The molecule has 5 nitrogen and oxygen atoms in total. The molecule has 0 saturated carbocycles. The topological polar surface area (TPSA) is 87.0 Å². The zero-order chi connectivity index (χ0) is 13.1. The average molecular weight is 244 g/mol. The van der Waals surface area contributed by atoms with E-state index in [4.69, 9.17) is 16.2 Å². The fourth-order valence-corrected chi connectivity index (χ4v) is 1.63. The van der Waals surface area contributed by atoms with Crippen LogP contribution in [0.3, 0.4) is 0 Å². The third-order valence-electron chi connectivity index (χ3n) is 2.38. The van der Waals surface area contributed by atoms with Crippen molar-refractivity contribution < 1.29 is 4.74 Å². The van der Waals surface area contributed by atoms with Crippen molar-refractivity contribution in [3.63, 3.8) is 0 Å². The van der Waals surface area contributed by atoms with Crippen molar-refractivity contribution in [2.75, 3.05) is 11.5 Å². The number of aromatic nitrogens is 2. The van der Waals surface area contributed by atoms with Crippen molar-refractivity contribution in [2.45, 2.75) is 20.0 Å². The fourth-order valence-electron chi connectivity index (χ4n) is 1.63. The highest BCUT2D eigenvalue weighted by Gasteiger charge is 2.06. The van der Waals surface area contributed by atoms with Crippen LogP contribution in [0.4, 0.5) is 11.6 Å². The molecule has 4 N–H and O–H groups in total. The molecule has 0 aliphatic heterocycles. The highest BCUT2D eigenvalue weighted by Crippen LogP contribution is 2.27. The van der Waals surface area contributed by atoms with E-state index in [0.717, 1.165) is 16.9 Å². The minimum Gasteiger partial charge on any atom is -0.491 e. The van der Waals surface area contributed by atoms with E-state index in [-0.39, 0.29) is 6.10 Å². The minimum atomic E-state index is 0.152. The average Bonchev–Trinajstić information content (AvgIpc) is 2.33. The normalized spacial score (nSPS) is 10.6. The Morgan fingerprint density at radius 3 is 2.33 bits per heavy atom. The molecule has 0 atom stereocenters. The summed E-state index contributed by atoms with van der Waals surface area (Å²) in [7, 11) is 0. The standard InChI is InChI=1S/C13H16N4O/c1-8(2)18-10-5-3-9(4-6-10)11-7-12(14)16-17-13(11)15/h3-8H,1-2H3,(H2,14,16)(H2,15,17). The van der Waals surface area contributed by atoms with Crippen LogP contribution in [0, 0.1) is 0 Å². The predicted molar refractivity (Wildman–Crippen MR) is 72.1 cm³/mol. The molecule has 2 rings (SSSR count). The van der Waals surface area contributed by atoms with E-state index in [1.165, 1.54) is 0 Å². The zero-order valence-electron chi connectivity index (χ0n) is 10.4. The summed E-state index contributed by atoms with van der Waals surface area (Å²) in [5, 5.41) is 7.50. The Morgan fingerprint density at radius 1 is 1.06 bits per heavy atom. The Balaban J connectivity index is 2.31. The van der Waals surface area contributed by atoms with Gasteiger partial charge in [-0.1, -0.05) is 12.1 Å². The molecule has 0 aliphatic rings. The third-order valence-corrected chi connectivity index (χ3v) is 2.38. The lowest BCUT2D eigenvalue weighted by Gasteiger charge is -2.10. The lowest BCUT2D eigenvalue weighted by molar-refractivity contribution is 0.242. The maximum atomic E-state index is 5.78. The van der Waals surface area contributed by atoms with Gasteiger partial charge in [-0.3, -0.25) is 0 Å². The van der Waals surface area contributed by atoms with Crippen molar-refractivity contribution in [1.82, 2.24) is 10.2 Å². The van der Waals surface area contributed by atoms with Crippen LogP contribution < -0.4 is 16.2 Å². The summed E-state index contributed by atoms with van der Waals surface area (Å²) >= 11 is 0. The van der Waals surface area contributed by atoms with Gasteiger partial charge in [-0.15, -0.1) is 10.2 Å². The summed E-state index contributed by atoms with van der Waals surface area (Å²) in [5.41, 5.74) is 13.1. The maximum Gasteiger partial charge on any atom is 0.154 e. The van der Waals surface area contributed by atoms with Crippen molar-refractivity contribution in [1.29, 1.82) is 0 Å². The number of rotatable bonds is 3. The van der Waals surface area contributed by atoms with E-state index >= 15 is 0 Å². The van der Waals surface area contributed by atoms with E-state index in [2.05, 4.69) is 10.2 Å². The largest absolute Gasteiger partial charge is 0.491 e. The lowest BCUT2D eigenvalue weighted by atomic mass is 10.1. The Kier molecular flexibility index (Phi) is 3.32. The Morgan fingerprint density at radius 2 is 1.72 bits per heavy atom. The van der Waals surface area contributed by atoms with Gasteiger partial charge in [0.1, 0.15) is 11.6 Å². The molecule has 0 fully saturated rings. The molecule has 0 aliphatic carbocycles. The van der Waals surface area contributed by atoms with Gasteiger partial charge < -0.3 is 16.2 Å². The first-order valence-electron chi connectivity index (χ1n) is 5.72. The van der Waals surface area contributed by atoms with E-state index in [9.17, 15) is 0 Å². The zero-order valence-corrected chi connectivity index (χ0v) is 10.4. The maximum absolute atomic E-state index is 5.78. The van der Waals surface area contributed by atoms with Gasteiger partial charge >= 0.3 is 0 Å². The van der Waals surface area contributed by atoms with E-state index in [1.54, 1.807) is 6.07 Å². The second kappa shape index (κ2) is 4.91. The number of ether oxygens (including phenoxy) is 1. The van der Waals surface area contributed by atoms with Crippen LogP contribution in [0.15, 0.2) is 30.3 Å². The third kappa shape index (κ3) is 2.68. The molecule has 1 heterocycles. The van der Waals surface area contributed by atoms with Crippen LogP contribution in [-0.2, 0) is 0 Å². The van der Waals surface area contributed by atoms with Crippen LogP contribution in [-0.4, -0.2) is 16.3 Å². The fraction of sp³-hybridized carbons (Fsp3) is 0.231. The van der Waals surface area contributed by atoms with Crippen LogP contribution >= 0.6 is 0 Å². The van der Waals surface area contributed by atoms with Crippen LogP contribution in [0.25, 0.3) is 11.1 Å². The van der Waals surface area contributed by atoms with Gasteiger partial charge in [0, 0.05) is 5.56 Å². The highest BCUT2D eigenvalue weighted by molar-refractivity contribution is 5.75. The molecule has 2 aromatic rings. The molecule has 94 valence electrons. The smallest absolute Gasteiger partial charge is 0.154 e. The number of nitrogens with two attached hydrogens (primary N) is 2. The number of nitrogens with zero attached hydrogens (tertiary/aromatic N) is 2. The molecule has 18 heavy (non-hydrogen) atoms. The van der Waals surface area contributed by atoms with E-state index < -0.39 is 0 Å². The molecule has 0 spiro atoms. The number of nitrogen functional groups attached to an aromatic ring is 2. The Hall–Kier alpha value is -2.30. The summed E-state index contributed by atoms with van der Waals surface area (Å²) in [4.78, 5) is 0. The molecule has 0 saturated heterocycles. The molecule has 0 radical (unpaired) electrons. The number of benzene rings is 1. The van der Waals surface area contributed by atoms with Gasteiger partial charge in [-0.05, 0) is 37.6 Å². The lowest BCUT2D eigenvalue weighted by Crippen LogP contribution is -2.05. The Labute approximate surface area is 106 Å². The van der Waals surface area contributed by atoms with Gasteiger partial charge in [0.25, 0.3) is 0 Å². The second-order valence-corrected chi connectivity index (χ2v) is 4.26. The summed E-state index contributed by atoms with van der Waals surface area (Å²) < 4.78 is 5.58. The molecule has 0 unspecified atom stereocenters. The van der Waals surface area contributed by atoms with E-state index in [1.807, 2.05) is 38.1 Å². The van der Waals surface area contributed by atoms with Crippen molar-refractivity contribution >= 4 is 11.6 Å². The van der Waals surface area contributed by atoms with Gasteiger partial charge in [-0.25, -0.2) is 0 Å². The first kappa shape index (κ1) is 12.2. The molecule has 1 aromatic carbocycles. The molecule has 5 heteroatoms. The number of anilines is 2.